The van der Waals surface area contributed by atoms with Crippen molar-refractivity contribution in [3.8, 4) is 0 Å². The second-order valence-corrected chi connectivity index (χ2v) is 6.44. The van der Waals surface area contributed by atoms with Crippen molar-refractivity contribution >= 4 is 5.97 Å². The molecule has 118 valence electrons. The molecule has 0 aliphatic carbocycles. The first-order chi connectivity index (χ1) is 9.25. The summed E-state index contributed by atoms with van der Waals surface area (Å²) in [5.74, 6) is -0.193. The van der Waals surface area contributed by atoms with Gasteiger partial charge in [0.2, 0.25) is 0 Å². The zero-order valence-electron chi connectivity index (χ0n) is 14.1. The topological polar surface area (TPSA) is 44.8 Å². The molecule has 20 heavy (non-hydrogen) atoms. The molecular weight excluding hydrogens is 254 g/mol. The number of nitrogens with one attached hydrogen (secondary N) is 1. The largest absolute Gasteiger partial charge is 0.468 e. The maximum Gasteiger partial charge on any atom is 0.325 e. The minimum Gasteiger partial charge on any atom is -0.468 e. The lowest BCUT2D eigenvalue weighted by atomic mass is 9.92. The Morgan fingerprint density at radius 1 is 1.40 bits per heavy atom. The smallest absolute Gasteiger partial charge is 0.325 e. The van der Waals surface area contributed by atoms with E-state index in [4.69, 9.17) is 4.74 Å². The fourth-order valence-electron chi connectivity index (χ4n) is 3.04. The minimum atomic E-state index is -0.621. The van der Waals surface area contributed by atoms with E-state index in [1.54, 1.807) is 0 Å². The van der Waals surface area contributed by atoms with Gasteiger partial charge in [-0.15, -0.1) is 0 Å². The third kappa shape index (κ3) is 3.71. The molecule has 1 N–H and O–H groups in total. The van der Waals surface area contributed by atoms with Crippen molar-refractivity contribution in [2.75, 3.05) is 34.3 Å². The molecule has 0 amide bonds. The van der Waals surface area contributed by atoms with Gasteiger partial charge in [0.25, 0.3) is 0 Å². The highest BCUT2D eigenvalue weighted by molar-refractivity contribution is 5.80. The predicted molar refractivity (Wildman–Crippen MR) is 81.8 cm³/mol. The molecule has 1 heterocycles. The van der Waals surface area contributed by atoms with Crippen molar-refractivity contribution < 1.29 is 9.53 Å². The number of ether oxygens (including phenoxy) is 1. The molecule has 5 heteroatoms. The molecule has 1 rings (SSSR count). The maximum atomic E-state index is 12.0. The van der Waals surface area contributed by atoms with Crippen LogP contribution in [-0.4, -0.2) is 73.7 Å². The SMILES string of the molecule is CNC(C)(CC(C)N1CC(C)N(C)C(C)C1)C(=O)OC. The molecule has 1 aliphatic heterocycles. The molecule has 0 radical (unpaired) electrons. The van der Waals surface area contributed by atoms with Gasteiger partial charge < -0.3 is 10.1 Å². The highest BCUT2D eigenvalue weighted by Gasteiger charge is 2.37. The fraction of sp³-hybridized carbons (Fsp3) is 0.933. The van der Waals surface area contributed by atoms with Crippen LogP contribution in [-0.2, 0) is 9.53 Å². The lowest BCUT2D eigenvalue weighted by molar-refractivity contribution is -0.148. The van der Waals surface area contributed by atoms with Gasteiger partial charge in [-0.1, -0.05) is 0 Å². The Morgan fingerprint density at radius 3 is 2.30 bits per heavy atom. The van der Waals surface area contributed by atoms with Gasteiger partial charge in [-0.05, 0) is 48.2 Å². The molecule has 0 aromatic heterocycles. The van der Waals surface area contributed by atoms with Crippen LogP contribution < -0.4 is 5.32 Å². The van der Waals surface area contributed by atoms with Gasteiger partial charge in [0.05, 0.1) is 7.11 Å². The quantitative estimate of drug-likeness (QED) is 0.762. The fourth-order valence-corrected chi connectivity index (χ4v) is 3.04. The number of hydrogen-bond donors (Lipinski definition) is 1. The summed E-state index contributed by atoms with van der Waals surface area (Å²) in [6, 6.07) is 1.42. The summed E-state index contributed by atoms with van der Waals surface area (Å²) < 4.78 is 4.93. The second kappa shape index (κ2) is 6.87. The van der Waals surface area contributed by atoms with Crippen LogP contribution in [0.3, 0.4) is 0 Å². The molecule has 1 fully saturated rings. The van der Waals surface area contributed by atoms with Crippen LogP contribution in [0.4, 0.5) is 0 Å². The van der Waals surface area contributed by atoms with Crippen molar-refractivity contribution in [1.29, 1.82) is 0 Å². The number of carbonyl (C=O) groups excluding carboxylic acids is 1. The van der Waals surface area contributed by atoms with E-state index in [-0.39, 0.29) is 5.97 Å². The second-order valence-electron chi connectivity index (χ2n) is 6.44. The number of esters is 1. The van der Waals surface area contributed by atoms with Gasteiger partial charge in [-0.3, -0.25) is 14.6 Å². The van der Waals surface area contributed by atoms with E-state index in [9.17, 15) is 4.79 Å². The number of hydrogen-bond acceptors (Lipinski definition) is 5. The van der Waals surface area contributed by atoms with Crippen molar-refractivity contribution in [2.24, 2.45) is 0 Å². The molecule has 0 bridgehead atoms. The number of carbonyl (C=O) groups is 1. The lowest BCUT2D eigenvalue weighted by Gasteiger charge is -2.46. The molecule has 4 atom stereocenters. The lowest BCUT2D eigenvalue weighted by Crippen LogP contribution is -2.59. The zero-order valence-corrected chi connectivity index (χ0v) is 14.1. The average molecular weight is 285 g/mol. The molecule has 5 nitrogen and oxygen atoms in total. The summed E-state index contributed by atoms with van der Waals surface area (Å²) in [5, 5.41) is 3.12. The van der Waals surface area contributed by atoms with E-state index in [0.717, 1.165) is 19.5 Å². The summed E-state index contributed by atoms with van der Waals surface area (Å²) in [4.78, 5) is 16.8. The normalized spacial score (nSPS) is 29.8. The highest BCUT2D eigenvalue weighted by atomic mass is 16.5. The van der Waals surface area contributed by atoms with Crippen molar-refractivity contribution in [1.82, 2.24) is 15.1 Å². The minimum absolute atomic E-state index is 0.193. The third-order valence-electron chi connectivity index (χ3n) is 4.90. The Morgan fingerprint density at radius 2 is 1.90 bits per heavy atom. The molecule has 0 aromatic carbocycles. The number of piperazine rings is 1. The Hall–Kier alpha value is -0.650. The molecule has 1 aliphatic rings. The highest BCUT2D eigenvalue weighted by Crippen LogP contribution is 2.22. The number of nitrogens with zero attached hydrogens (tertiary/aromatic N) is 2. The van der Waals surface area contributed by atoms with Gasteiger partial charge in [0.15, 0.2) is 0 Å². The summed E-state index contributed by atoms with van der Waals surface area (Å²) in [5.41, 5.74) is -0.621. The van der Waals surface area contributed by atoms with E-state index < -0.39 is 5.54 Å². The van der Waals surface area contributed by atoms with Crippen LogP contribution in [0.15, 0.2) is 0 Å². The van der Waals surface area contributed by atoms with Gasteiger partial charge in [-0.2, -0.15) is 0 Å². The van der Waals surface area contributed by atoms with Crippen LogP contribution in [0.1, 0.15) is 34.1 Å². The summed E-state index contributed by atoms with van der Waals surface area (Å²) >= 11 is 0. The van der Waals surface area contributed by atoms with E-state index in [1.807, 2.05) is 14.0 Å². The predicted octanol–water partition coefficient (Wildman–Crippen LogP) is 0.941. The Kier molecular flexibility index (Phi) is 5.98. The van der Waals surface area contributed by atoms with Crippen molar-refractivity contribution in [3.05, 3.63) is 0 Å². The van der Waals surface area contributed by atoms with E-state index >= 15 is 0 Å². The number of rotatable bonds is 5. The average Bonchev–Trinajstić information content (AvgIpc) is 2.42. The van der Waals surface area contributed by atoms with Crippen LogP contribution in [0.25, 0.3) is 0 Å². The van der Waals surface area contributed by atoms with Gasteiger partial charge in [-0.25, -0.2) is 0 Å². The summed E-state index contributed by atoms with van der Waals surface area (Å²) in [6.07, 6.45) is 0.749. The van der Waals surface area contributed by atoms with Crippen LogP contribution >= 0.6 is 0 Å². The first-order valence-electron chi connectivity index (χ1n) is 7.48. The molecular formula is C15H31N3O2. The summed E-state index contributed by atoms with van der Waals surface area (Å²) in [6.45, 7) is 10.7. The first kappa shape index (κ1) is 17.4. The van der Waals surface area contributed by atoms with Crippen LogP contribution in [0.2, 0.25) is 0 Å². The molecule has 0 spiro atoms. The zero-order chi connectivity index (χ0) is 15.5. The summed E-state index contributed by atoms with van der Waals surface area (Å²) in [7, 11) is 5.45. The van der Waals surface area contributed by atoms with Gasteiger partial charge in [0.1, 0.15) is 5.54 Å². The van der Waals surface area contributed by atoms with Crippen molar-refractivity contribution in [2.45, 2.75) is 57.8 Å². The van der Waals surface area contributed by atoms with E-state index in [1.165, 1.54) is 7.11 Å². The van der Waals surface area contributed by atoms with Gasteiger partial charge >= 0.3 is 5.97 Å². The molecule has 4 unspecified atom stereocenters. The van der Waals surface area contributed by atoms with Crippen molar-refractivity contribution in [3.63, 3.8) is 0 Å². The number of methoxy groups -OCH3 is 1. The van der Waals surface area contributed by atoms with Crippen LogP contribution in [0, 0.1) is 0 Å². The third-order valence-corrected chi connectivity index (χ3v) is 4.90. The van der Waals surface area contributed by atoms with E-state index in [2.05, 4.69) is 42.9 Å². The Bertz CT molecular complexity index is 325. The molecule has 0 aromatic rings. The standard InChI is InChI=1S/C15H31N3O2/c1-11(8-15(4,16-5)14(19)20-7)18-9-12(2)17(6)13(3)10-18/h11-13,16H,8-10H2,1-7H3. The van der Waals surface area contributed by atoms with Gasteiger partial charge in [0, 0.05) is 31.2 Å². The molecule has 0 saturated carbocycles. The monoisotopic (exact) mass is 285 g/mol. The maximum absolute atomic E-state index is 12.0. The first-order valence-corrected chi connectivity index (χ1v) is 7.48. The molecule has 1 saturated heterocycles. The Labute approximate surface area is 123 Å². The van der Waals surface area contributed by atoms with E-state index in [0.29, 0.717) is 18.1 Å². The number of likely N-dealkylation sites (N-methyl/N-ethyl adjacent to an activating group) is 2. The Balaban J connectivity index is 2.70. The van der Waals surface area contributed by atoms with Crippen LogP contribution in [0.5, 0.6) is 0 Å².